The van der Waals surface area contributed by atoms with Crippen molar-refractivity contribution in [2.75, 3.05) is 14.1 Å². The van der Waals surface area contributed by atoms with Crippen molar-refractivity contribution in [2.45, 2.75) is 13.0 Å². The molecule has 0 spiro atoms. The first-order chi connectivity index (χ1) is 7.95. The number of hydrogen-bond acceptors (Lipinski definition) is 3. The first-order valence-electron chi connectivity index (χ1n) is 5.03. The lowest BCUT2D eigenvalue weighted by Crippen LogP contribution is -2.35. The van der Waals surface area contributed by atoms with E-state index in [0.717, 1.165) is 0 Å². The Hall–Kier alpha value is -1.73. The van der Waals surface area contributed by atoms with Gasteiger partial charge in [0.1, 0.15) is 5.75 Å². The second-order valence-corrected chi connectivity index (χ2v) is 4.16. The Morgan fingerprint density at radius 1 is 1.53 bits per heavy atom. The number of nitrogens with zero attached hydrogens (tertiary/aromatic N) is 2. The molecule has 1 aromatic rings. The summed E-state index contributed by atoms with van der Waals surface area (Å²) in [7, 11) is 3.31. The molecule has 0 fully saturated rings. The van der Waals surface area contributed by atoms with Crippen LogP contribution in [-0.2, 0) is 4.79 Å². The molecule has 90 valence electrons. The number of nitriles is 1. The largest absolute Gasteiger partial charge is 0.479 e. The first kappa shape index (κ1) is 13.3. The van der Waals surface area contributed by atoms with Gasteiger partial charge >= 0.3 is 0 Å². The quantitative estimate of drug-likeness (QED) is 0.828. The molecule has 0 saturated carbocycles. The number of carbonyl (C=O) groups excluding carboxylic acids is 1. The number of ether oxygens (including phenoxy) is 1. The second-order valence-electron chi connectivity index (χ2n) is 3.75. The van der Waals surface area contributed by atoms with Gasteiger partial charge in [0.2, 0.25) is 0 Å². The van der Waals surface area contributed by atoms with Crippen LogP contribution >= 0.6 is 11.6 Å². The van der Waals surface area contributed by atoms with E-state index >= 15 is 0 Å². The maximum absolute atomic E-state index is 11.6. The lowest BCUT2D eigenvalue weighted by Gasteiger charge is -2.18. The lowest BCUT2D eigenvalue weighted by molar-refractivity contribution is -0.135. The Bertz CT molecular complexity index is 466. The molecule has 0 aromatic heterocycles. The lowest BCUT2D eigenvalue weighted by atomic mass is 10.2. The zero-order valence-corrected chi connectivity index (χ0v) is 10.7. The van der Waals surface area contributed by atoms with Crippen LogP contribution in [-0.4, -0.2) is 31.0 Å². The summed E-state index contributed by atoms with van der Waals surface area (Å²) in [5.74, 6) is 0.249. The van der Waals surface area contributed by atoms with Gasteiger partial charge in [0, 0.05) is 14.1 Å². The van der Waals surface area contributed by atoms with Gasteiger partial charge in [0.25, 0.3) is 5.91 Å². The molecule has 0 aliphatic rings. The van der Waals surface area contributed by atoms with Gasteiger partial charge in [0.05, 0.1) is 16.7 Å². The number of hydrogen-bond donors (Lipinski definition) is 0. The number of halogens is 1. The van der Waals surface area contributed by atoms with E-state index in [2.05, 4.69) is 0 Å². The molecule has 0 radical (unpaired) electrons. The highest BCUT2D eigenvalue weighted by atomic mass is 35.5. The van der Waals surface area contributed by atoms with Crippen molar-refractivity contribution in [1.82, 2.24) is 4.90 Å². The van der Waals surface area contributed by atoms with Crippen LogP contribution in [0.1, 0.15) is 12.5 Å². The monoisotopic (exact) mass is 252 g/mol. The summed E-state index contributed by atoms with van der Waals surface area (Å²) in [6, 6.07) is 6.65. The molecule has 17 heavy (non-hydrogen) atoms. The van der Waals surface area contributed by atoms with Crippen LogP contribution < -0.4 is 4.74 Å². The van der Waals surface area contributed by atoms with E-state index in [1.807, 2.05) is 6.07 Å². The highest BCUT2D eigenvalue weighted by Gasteiger charge is 2.17. The average molecular weight is 253 g/mol. The molecule has 0 bridgehead atoms. The van der Waals surface area contributed by atoms with Crippen molar-refractivity contribution in [1.29, 1.82) is 5.26 Å². The molecule has 1 aromatic carbocycles. The maximum atomic E-state index is 11.6. The van der Waals surface area contributed by atoms with Crippen LogP contribution in [0.5, 0.6) is 5.75 Å². The van der Waals surface area contributed by atoms with Gasteiger partial charge in [-0.3, -0.25) is 4.79 Å². The minimum Gasteiger partial charge on any atom is -0.479 e. The molecule has 0 aliphatic carbocycles. The van der Waals surface area contributed by atoms with Crippen molar-refractivity contribution in [3.63, 3.8) is 0 Å². The molecule has 1 atom stereocenters. The molecule has 1 rings (SSSR count). The van der Waals surface area contributed by atoms with E-state index in [0.29, 0.717) is 16.3 Å². The predicted molar refractivity (Wildman–Crippen MR) is 65.0 cm³/mol. The van der Waals surface area contributed by atoms with Gasteiger partial charge in [-0.1, -0.05) is 11.6 Å². The molecule has 0 N–H and O–H groups in total. The average Bonchev–Trinajstić information content (AvgIpc) is 2.30. The summed E-state index contributed by atoms with van der Waals surface area (Å²) in [6.07, 6.45) is -0.615. The van der Waals surface area contributed by atoms with Crippen molar-refractivity contribution in [3.8, 4) is 11.8 Å². The van der Waals surface area contributed by atoms with E-state index < -0.39 is 6.10 Å². The highest BCUT2D eigenvalue weighted by molar-refractivity contribution is 6.32. The predicted octanol–water partition coefficient (Wildman–Crippen LogP) is 2.07. The summed E-state index contributed by atoms with van der Waals surface area (Å²) in [5, 5.41) is 9.01. The van der Waals surface area contributed by atoms with Crippen molar-refractivity contribution >= 4 is 17.5 Å². The van der Waals surface area contributed by atoms with Gasteiger partial charge in [-0.25, -0.2) is 0 Å². The Morgan fingerprint density at radius 3 is 2.65 bits per heavy atom. The third-order valence-electron chi connectivity index (χ3n) is 2.15. The summed E-state index contributed by atoms with van der Waals surface area (Å²) in [5.41, 5.74) is 0.453. The van der Waals surface area contributed by atoms with E-state index in [4.69, 9.17) is 21.6 Å². The van der Waals surface area contributed by atoms with Gasteiger partial charge in [-0.05, 0) is 25.1 Å². The molecule has 0 heterocycles. The molecular weight excluding hydrogens is 240 g/mol. The first-order valence-corrected chi connectivity index (χ1v) is 5.41. The molecule has 0 unspecified atom stereocenters. The summed E-state index contributed by atoms with van der Waals surface area (Å²) >= 11 is 5.94. The number of rotatable bonds is 3. The molecule has 1 amide bonds. The minimum atomic E-state index is -0.615. The zero-order valence-electron chi connectivity index (χ0n) is 9.90. The van der Waals surface area contributed by atoms with Crippen LogP contribution in [0.15, 0.2) is 18.2 Å². The van der Waals surface area contributed by atoms with Gasteiger partial charge in [0.15, 0.2) is 6.10 Å². The smallest absolute Gasteiger partial charge is 0.262 e. The fourth-order valence-electron chi connectivity index (χ4n) is 1.27. The van der Waals surface area contributed by atoms with E-state index in [9.17, 15) is 4.79 Å². The van der Waals surface area contributed by atoms with Crippen LogP contribution in [0.25, 0.3) is 0 Å². The fraction of sp³-hybridized carbons (Fsp3) is 0.333. The van der Waals surface area contributed by atoms with Crippen LogP contribution in [0.3, 0.4) is 0 Å². The van der Waals surface area contributed by atoms with Gasteiger partial charge in [-0.2, -0.15) is 5.26 Å². The maximum Gasteiger partial charge on any atom is 0.262 e. The van der Waals surface area contributed by atoms with E-state index in [1.165, 1.54) is 11.0 Å². The number of benzene rings is 1. The van der Waals surface area contributed by atoms with Crippen molar-refractivity contribution < 1.29 is 9.53 Å². The van der Waals surface area contributed by atoms with Gasteiger partial charge in [-0.15, -0.1) is 0 Å². The molecule has 5 heteroatoms. The summed E-state index contributed by atoms with van der Waals surface area (Å²) in [4.78, 5) is 13.0. The fourth-order valence-corrected chi connectivity index (χ4v) is 1.50. The molecular formula is C12H13ClN2O2. The Balaban J connectivity index is 2.83. The van der Waals surface area contributed by atoms with E-state index in [-0.39, 0.29) is 5.91 Å². The third kappa shape index (κ3) is 3.36. The number of carbonyl (C=O) groups is 1. The van der Waals surface area contributed by atoms with E-state index in [1.54, 1.807) is 33.2 Å². The van der Waals surface area contributed by atoms with Crippen LogP contribution in [0, 0.1) is 11.3 Å². The topological polar surface area (TPSA) is 53.3 Å². The van der Waals surface area contributed by atoms with Crippen molar-refractivity contribution in [2.24, 2.45) is 0 Å². The standard InChI is InChI=1S/C12H13ClN2O2/c1-8(12(16)15(2)3)17-11-5-4-9(7-14)6-10(11)13/h4-6,8H,1-3H3/t8-/m0/s1. The normalized spacial score (nSPS) is 11.5. The van der Waals surface area contributed by atoms with Crippen LogP contribution in [0.4, 0.5) is 0 Å². The second kappa shape index (κ2) is 5.55. The summed E-state index contributed by atoms with van der Waals surface area (Å²) in [6.45, 7) is 1.65. The zero-order chi connectivity index (χ0) is 13.0. The van der Waals surface area contributed by atoms with Gasteiger partial charge < -0.3 is 9.64 Å². The van der Waals surface area contributed by atoms with Crippen molar-refractivity contribution in [3.05, 3.63) is 28.8 Å². The number of amides is 1. The molecule has 0 aliphatic heterocycles. The number of likely N-dealkylation sites (N-methyl/N-ethyl adjacent to an activating group) is 1. The third-order valence-corrected chi connectivity index (χ3v) is 2.45. The molecule has 4 nitrogen and oxygen atoms in total. The Kier molecular flexibility index (Phi) is 4.36. The summed E-state index contributed by atoms with van der Waals surface area (Å²) < 4.78 is 5.44. The van der Waals surface area contributed by atoms with Crippen LogP contribution in [0.2, 0.25) is 5.02 Å². The molecule has 0 saturated heterocycles. The minimum absolute atomic E-state index is 0.148. The Morgan fingerprint density at radius 2 is 2.18 bits per heavy atom. The Labute approximate surface area is 105 Å². The highest BCUT2D eigenvalue weighted by Crippen LogP contribution is 2.26. The SMILES string of the molecule is C[C@H](Oc1ccc(C#N)cc1Cl)C(=O)N(C)C.